The SMILES string of the molecule is CCCCCCCCCCCCNC[C@@H](O)c1cc(-c2ccccc2)nc2c(Cl)cc(Cl)cc12. The molecular formula is C29H38Cl2N2O. The number of halogens is 2. The van der Waals surface area contributed by atoms with E-state index in [1.165, 1.54) is 57.8 Å². The van der Waals surface area contributed by atoms with Crippen molar-refractivity contribution in [1.82, 2.24) is 10.3 Å². The van der Waals surface area contributed by atoms with Gasteiger partial charge in [0.25, 0.3) is 0 Å². The Morgan fingerprint density at radius 2 is 1.50 bits per heavy atom. The molecule has 1 heterocycles. The standard InChI is InChI=1S/C29H38Cl2N2O/c1-2-3-4-5-6-7-8-9-10-14-17-32-21-28(34)24-20-27(22-15-12-11-13-16-22)33-29-25(24)18-23(30)19-26(29)31/h11-13,15-16,18-20,28,32,34H,2-10,14,17,21H2,1H3/t28-/m1/s1. The lowest BCUT2D eigenvalue weighted by atomic mass is 10.00. The van der Waals surface area contributed by atoms with Crippen LogP contribution in [0.5, 0.6) is 0 Å². The molecule has 0 saturated heterocycles. The van der Waals surface area contributed by atoms with Gasteiger partial charge < -0.3 is 10.4 Å². The normalized spacial score (nSPS) is 12.4. The van der Waals surface area contributed by atoms with E-state index in [0.717, 1.165) is 35.2 Å². The number of benzene rings is 2. The molecule has 0 spiro atoms. The molecule has 34 heavy (non-hydrogen) atoms. The summed E-state index contributed by atoms with van der Waals surface area (Å²) in [6.07, 6.45) is 12.5. The lowest BCUT2D eigenvalue weighted by molar-refractivity contribution is 0.176. The molecule has 2 aromatic carbocycles. The van der Waals surface area contributed by atoms with E-state index in [1.807, 2.05) is 42.5 Å². The van der Waals surface area contributed by atoms with E-state index in [4.69, 9.17) is 28.2 Å². The largest absolute Gasteiger partial charge is 0.387 e. The van der Waals surface area contributed by atoms with Crippen LogP contribution in [-0.2, 0) is 0 Å². The Morgan fingerprint density at radius 1 is 0.853 bits per heavy atom. The number of rotatable bonds is 15. The van der Waals surface area contributed by atoms with Crippen molar-refractivity contribution in [2.24, 2.45) is 0 Å². The number of fused-ring (bicyclic) bond motifs is 1. The van der Waals surface area contributed by atoms with E-state index < -0.39 is 6.10 Å². The van der Waals surface area contributed by atoms with Crippen LogP contribution in [0.1, 0.15) is 82.8 Å². The lowest BCUT2D eigenvalue weighted by Crippen LogP contribution is -2.22. The number of hydrogen-bond donors (Lipinski definition) is 2. The molecule has 3 aromatic rings. The average molecular weight is 502 g/mol. The van der Waals surface area contributed by atoms with Crippen molar-refractivity contribution in [3.05, 3.63) is 64.1 Å². The van der Waals surface area contributed by atoms with E-state index >= 15 is 0 Å². The van der Waals surface area contributed by atoms with Crippen LogP contribution in [0.15, 0.2) is 48.5 Å². The molecule has 1 aromatic heterocycles. The summed E-state index contributed by atoms with van der Waals surface area (Å²) in [5, 5.41) is 16.3. The molecule has 3 rings (SSSR count). The third-order valence-corrected chi connectivity index (χ3v) is 6.84. The van der Waals surface area contributed by atoms with Crippen LogP contribution in [-0.4, -0.2) is 23.2 Å². The van der Waals surface area contributed by atoms with E-state index in [2.05, 4.69) is 12.2 Å². The molecule has 3 nitrogen and oxygen atoms in total. The van der Waals surface area contributed by atoms with Crippen LogP contribution in [0.25, 0.3) is 22.2 Å². The van der Waals surface area contributed by atoms with E-state index in [9.17, 15) is 5.11 Å². The summed E-state index contributed by atoms with van der Waals surface area (Å²) in [6.45, 7) is 3.65. The Hall–Kier alpha value is -1.65. The van der Waals surface area contributed by atoms with Crippen molar-refractivity contribution >= 4 is 34.1 Å². The molecule has 5 heteroatoms. The number of nitrogens with one attached hydrogen (secondary N) is 1. The maximum atomic E-state index is 11.1. The summed E-state index contributed by atoms with van der Waals surface area (Å²) in [5.41, 5.74) is 3.24. The highest BCUT2D eigenvalue weighted by atomic mass is 35.5. The van der Waals surface area contributed by atoms with Gasteiger partial charge in [0.1, 0.15) is 0 Å². The quantitative estimate of drug-likeness (QED) is 0.205. The molecule has 0 aliphatic heterocycles. The number of nitrogens with zero attached hydrogens (tertiary/aromatic N) is 1. The second-order valence-electron chi connectivity index (χ2n) is 9.15. The maximum absolute atomic E-state index is 11.1. The van der Waals surface area contributed by atoms with Gasteiger partial charge in [-0.1, -0.05) is 118 Å². The third kappa shape index (κ3) is 8.23. The Labute approximate surface area is 214 Å². The fraction of sp³-hybridized carbons (Fsp3) is 0.483. The summed E-state index contributed by atoms with van der Waals surface area (Å²) in [7, 11) is 0. The first-order valence-corrected chi connectivity index (χ1v) is 13.6. The molecule has 0 aliphatic rings. The molecule has 0 unspecified atom stereocenters. The minimum Gasteiger partial charge on any atom is -0.387 e. The first-order chi connectivity index (χ1) is 16.6. The highest BCUT2D eigenvalue weighted by molar-refractivity contribution is 6.38. The molecule has 2 N–H and O–H groups in total. The fourth-order valence-corrected chi connectivity index (χ4v) is 4.93. The van der Waals surface area contributed by atoms with Gasteiger partial charge >= 0.3 is 0 Å². The van der Waals surface area contributed by atoms with Crippen molar-refractivity contribution < 1.29 is 5.11 Å². The van der Waals surface area contributed by atoms with Crippen LogP contribution in [0.2, 0.25) is 10.0 Å². The Kier molecular flexibility index (Phi) is 11.6. The molecule has 0 saturated carbocycles. The molecule has 0 aliphatic carbocycles. The van der Waals surface area contributed by atoms with Crippen LogP contribution in [0, 0.1) is 0 Å². The second-order valence-corrected chi connectivity index (χ2v) is 9.99. The van der Waals surface area contributed by atoms with Gasteiger partial charge in [-0.05, 0) is 36.7 Å². The maximum Gasteiger partial charge on any atom is 0.0921 e. The Balaban J connectivity index is 1.53. The Morgan fingerprint density at radius 3 is 2.18 bits per heavy atom. The molecule has 184 valence electrons. The first kappa shape index (κ1) is 26.9. The zero-order chi connectivity index (χ0) is 24.2. The summed E-state index contributed by atoms with van der Waals surface area (Å²) in [4.78, 5) is 4.77. The fourth-order valence-electron chi connectivity index (χ4n) is 4.40. The number of unbranched alkanes of at least 4 members (excludes halogenated alkanes) is 9. The van der Waals surface area contributed by atoms with Crippen LogP contribution in [0.3, 0.4) is 0 Å². The predicted octanol–water partition coefficient (Wildman–Crippen LogP) is 8.75. The second kappa shape index (κ2) is 14.7. The minimum atomic E-state index is -0.675. The number of aromatic nitrogens is 1. The molecular weight excluding hydrogens is 463 g/mol. The lowest BCUT2D eigenvalue weighted by Gasteiger charge is -2.17. The first-order valence-electron chi connectivity index (χ1n) is 12.8. The van der Waals surface area contributed by atoms with Crippen molar-refractivity contribution in [2.75, 3.05) is 13.1 Å². The van der Waals surface area contributed by atoms with Crippen molar-refractivity contribution in [3.63, 3.8) is 0 Å². The number of aliphatic hydroxyl groups is 1. The number of pyridine rings is 1. The van der Waals surface area contributed by atoms with Gasteiger partial charge in [0.15, 0.2) is 0 Å². The third-order valence-electron chi connectivity index (χ3n) is 6.34. The van der Waals surface area contributed by atoms with E-state index in [1.54, 1.807) is 6.07 Å². The van der Waals surface area contributed by atoms with Crippen LogP contribution >= 0.6 is 23.2 Å². The summed E-state index contributed by atoms with van der Waals surface area (Å²) in [5.74, 6) is 0. The highest BCUT2D eigenvalue weighted by Crippen LogP contribution is 2.34. The smallest absolute Gasteiger partial charge is 0.0921 e. The zero-order valence-electron chi connectivity index (χ0n) is 20.3. The summed E-state index contributed by atoms with van der Waals surface area (Å²) in [6, 6.07) is 15.5. The number of hydrogen-bond acceptors (Lipinski definition) is 3. The van der Waals surface area contributed by atoms with E-state index in [-0.39, 0.29) is 0 Å². The van der Waals surface area contributed by atoms with Gasteiger partial charge in [-0.2, -0.15) is 0 Å². The van der Waals surface area contributed by atoms with Gasteiger partial charge in [0.2, 0.25) is 0 Å². The van der Waals surface area contributed by atoms with Gasteiger partial charge in [-0.3, -0.25) is 0 Å². The molecule has 0 radical (unpaired) electrons. The molecule has 0 bridgehead atoms. The molecule has 0 amide bonds. The summed E-state index contributed by atoms with van der Waals surface area (Å²) < 4.78 is 0. The summed E-state index contributed by atoms with van der Waals surface area (Å²) >= 11 is 12.8. The Bertz CT molecular complexity index is 1010. The minimum absolute atomic E-state index is 0.481. The van der Waals surface area contributed by atoms with Gasteiger partial charge in [0, 0.05) is 22.5 Å². The average Bonchev–Trinajstić information content (AvgIpc) is 2.84. The number of aliphatic hydroxyl groups excluding tert-OH is 1. The van der Waals surface area contributed by atoms with Crippen LogP contribution in [0.4, 0.5) is 0 Å². The molecule has 0 fully saturated rings. The van der Waals surface area contributed by atoms with Gasteiger partial charge in [-0.15, -0.1) is 0 Å². The van der Waals surface area contributed by atoms with Crippen LogP contribution < -0.4 is 5.32 Å². The zero-order valence-corrected chi connectivity index (χ0v) is 21.8. The molecule has 1 atom stereocenters. The van der Waals surface area contributed by atoms with Crippen molar-refractivity contribution in [3.8, 4) is 11.3 Å². The van der Waals surface area contributed by atoms with Gasteiger partial charge in [-0.25, -0.2) is 4.98 Å². The topological polar surface area (TPSA) is 45.1 Å². The predicted molar refractivity (Wildman–Crippen MR) is 147 cm³/mol. The highest BCUT2D eigenvalue weighted by Gasteiger charge is 2.17. The van der Waals surface area contributed by atoms with Crippen molar-refractivity contribution in [2.45, 2.75) is 77.2 Å². The monoisotopic (exact) mass is 500 g/mol. The van der Waals surface area contributed by atoms with E-state index in [0.29, 0.717) is 22.1 Å². The van der Waals surface area contributed by atoms with Gasteiger partial charge in [0.05, 0.1) is 22.3 Å². The van der Waals surface area contributed by atoms with Crippen molar-refractivity contribution in [1.29, 1.82) is 0 Å².